The summed E-state index contributed by atoms with van der Waals surface area (Å²) in [7, 11) is 1.84. The van der Waals surface area contributed by atoms with E-state index in [2.05, 4.69) is 4.74 Å². The molecule has 0 fully saturated rings. The lowest BCUT2D eigenvalue weighted by atomic mass is 10.1. The Labute approximate surface area is 111 Å². The van der Waals surface area contributed by atoms with Crippen molar-refractivity contribution in [3.63, 3.8) is 0 Å². The SMILES string of the molecule is CN(CCOCC(F)(F)F)Cc1ccccc1CN. The topological polar surface area (TPSA) is 38.5 Å². The number of ether oxygens (including phenoxy) is 1. The maximum Gasteiger partial charge on any atom is 0.411 e. The average molecular weight is 276 g/mol. The molecule has 1 rings (SSSR count). The van der Waals surface area contributed by atoms with Crippen molar-refractivity contribution in [3.8, 4) is 0 Å². The van der Waals surface area contributed by atoms with Gasteiger partial charge in [-0.05, 0) is 18.2 Å². The normalized spacial score (nSPS) is 12.1. The van der Waals surface area contributed by atoms with Crippen molar-refractivity contribution < 1.29 is 17.9 Å². The first-order valence-electron chi connectivity index (χ1n) is 6.02. The Bertz CT molecular complexity index is 382. The molecule has 0 saturated heterocycles. The van der Waals surface area contributed by atoms with Gasteiger partial charge < -0.3 is 10.5 Å². The van der Waals surface area contributed by atoms with Crippen molar-refractivity contribution in [2.24, 2.45) is 5.73 Å². The molecule has 0 unspecified atom stereocenters. The molecule has 1 aromatic carbocycles. The van der Waals surface area contributed by atoms with E-state index in [0.717, 1.165) is 11.1 Å². The van der Waals surface area contributed by atoms with Crippen LogP contribution in [0, 0.1) is 0 Å². The molecule has 0 aliphatic carbocycles. The van der Waals surface area contributed by atoms with Gasteiger partial charge in [0.15, 0.2) is 0 Å². The number of hydrogen-bond donors (Lipinski definition) is 1. The summed E-state index contributed by atoms with van der Waals surface area (Å²) in [5.74, 6) is 0. The summed E-state index contributed by atoms with van der Waals surface area (Å²) >= 11 is 0. The third kappa shape index (κ3) is 6.56. The smallest absolute Gasteiger partial charge is 0.371 e. The Kier molecular flexibility index (Phi) is 6.27. The lowest BCUT2D eigenvalue weighted by Gasteiger charge is -2.18. The number of likely N-dealkylation sites (N-methyl/N-ethyl adjacent to an activating group) is 1. The predicted octanol–water partition coefficient (Wildman–Crippen LogP) is 2.16. The van der Waals surface area contributed by atoms with Crippen LogP contribution in [0.5, 0.6) is 0 Å². The second kappa shape index (κ2) is 7.47. The summed E-state index contributed by atoms with van der Waals surface area (Å²) < 4.78 is 40.2. The molecule has 0 heterocycles. The molecule has 2 N–H and O–H groups in total. The van der Waals surface area contributed by atoms with Gasteiger partial charge in [0.05, 0.1) is 6.61 Å². The number of benzene rings is 1. The molecule has 0 radical (unpaired) electrons. The molecule has 0 amide bonds. The fourth-order valence-corrected chi connectivity index (χ4v) is 1.69. The Hall–Kier alpha value is -1.11. The van der Waals surface area contributed by atoms with Crippen LogP contribution in [0.1, 0.15) is 11.1 Å². The van der Waals surface area contributed by atoms with Gasteiger partial charge in [-0.15, -0.1) is 0 Å². The third-order valence-corrected chi connectivity index (χ3v) is 2.66. The van der Waals surface area contributed by atoms with Crippen LogP contribution in [0.15, 0.2) is 24.3 Å². The van der Waals surface area contributed by atoms with Crippen molar-refractivity contribution in [2.75, 3.05) is 26.8 Å². The van der Waals surface area contributed by atoms with E-state index in [4.69, 9.17) is 5.73 Å². The molecule has 0 atom stereocenters. The molecule has 108 valence electrons. The summed E-state index contributed by atoms with van der Waals surface area (Å²) in [4.78, 5) is 1.91. The minimum atomic E-state index is -4.26. The number of alkyl halides is 3. The molecule has 0 aliphatic rings. The maximum atomic E-state index is 11.9. The van der Waals surface area contributed by atoms with Crippen LogP contribution in [-0.2, 0) is 17.8 Å². The largest absolute Gasteiger partial charge is 0.411 e. The third-order valence-electron chi connectivity index (χ3n) is 2.66. The van der Waals surface area contributed by atoms with Crippen LogP contribution < -0.4 is 5.73 Å². The van der Waals surface area contributed by atoms with E-state index in [1.807, 2.05) is 36.2 Å². The van der Waals surface area contributed by atoms with Crippen molar-refractivity contribution in [2.45, 2.75) is 19.3 Å². The number of rotatable bonds is 7. The van der Waals surface area contributed by atoms with Gasteiger partial charge in [-0.25, -0.2) is 0 Å². The standard InChI is InChI=1S/C13H19F3N2O/c1-18(6-7-19-10-13(14,15)16)9-12-5-3-2-4-11(12)8-17/h2-5H,6-10,17H2,1H3. The zero-order valence-corrected chi connectivity index (χ0v) is 10.9. The number of halogens is 3. The number of nitrogens with two attached hydrogens (primary N) is 1. The summed E-state index contributed by atoms with van der Waals surface area (Å²) in [6, 6.07) is 7.75. The van der Waals surface area contributed by atoms with Crippen molar-refractivity contribution >= 4 is 0 Å². The van der Waals surface area contributed by atoms with Crippen LogP contribution in [0.3, 0.4) is 0 Å². The van der Waals surface area contributed by atoms with Gasteiger partial charge in [0.2, 0.25) is 0 Å². The summed E-state index contributed by atoms with van der Waals surface area (Å²) in [6.07, 6.45) is -4.26. The molecule has 6 heteroatoms. The van der Waals surface area contributed by atoms with Gasteiger partial charge in [-0.3, -0.25) is 4.90 Å². The highest BCUT2D eigenvalue weighted by Gasteiger charge is 2.27. The molecule has 0 spiro atoms. The summed E-state index contributed by atoms with van der Waals surface area (Å²) in [6.45, 7) is 0.396. The predicted molar refractivity (Wildman–Crippen MR) is 67.5 cm³/mol. The van der Waals surface area contributed by atoms with Crippen LogP contribution >= 0.6 is 0 Å². The van der Waals surface area contributed by atoms with Crippen molar-refractivity contribution in [1.29, 1.82) is 0 Å². The summed E-state index contributed by atoms with van der Waals surface area (Å²) in [5.41, 5.74) is 7.76. The minimum Gasteiger partial charge on any atom is -0.371 e. The highest BCUT2D eigenvalue weighted by atomic mass is 19.4. The molecular formula is C13H19F3N2O. The van der Waals surface area contributed by atoms with E-state index in [1.165, 1.54) is 0 Å². The Morgan fingerprint density at radius 2 is 1.84 bits per heavy atom. The van der Waals surface area contributed by atoms with Gasteiger partial charge >= 0.3 is 6.18 Å². The zero-order valence-electron chi connectivity index (χ0n) is 10.9. The van der Waals surface area contributed by atoms with E-state index < -0.39 is 12.8 Å². The number of hydrogen-bond acceptors (Lipinski definition) is 3. The molecule has 0 aromatic heterocycles. The van der Waals surface area contributed by atoms with Crippen LogP contribution in [0.25, 0.3) is 0 Å². The van der Waals surface area contributed by atoms with E-state index in [1.54, 1.807) is 0 Å². The van der Waals surface area contributed by atoms with E-state index >= 15 is 0 Å². The van der Waals surface area contributed by atoms with Gasteiger partial charge in [0.25, 0.3) is 0 Å². The molecule has 1 aromatic rings. The molecule has 0 bridgehead atoms. The quantitative estimate of drug-likeness (QED) is 0.776. The van der Waals surface area contributed by atoms with E-state index in [9.17, 15) is 13.2 Å². The van der Waals surface area contributed by atoms with Gasteiger partial charge in [-0.2, -0.15) is 13.2 Å². The second-order valence-electron chi connectivity index (χ2n) is 4.38. The minimum absolute atomic E-state index is 0.0564. The van der Waals surface area contributed by atoms with Gasteiger partial charge in [-0.1, -0.05) is 24.3 Å². The Morgan fingerprint density at radius 1 is 1.21 bits per heavy atom. The highest BCUT2D eigenvalue weighted by Crippen LogP contribution is 2.14. The van der Waals surface area contributed by atoms with Crippen molar-refractivity contribution in [3.05, 3.63) is 35.4 Å². The highest BCUT2D eigenvalue weighted by molar-refractivity contribution is 5.26. The Balaban J connectivity index is 2.33. The Morgan fingerprint density at radius 3 is 2.42 bits per heavy atom. The fourth-order valence-electron chi connectivity index (χ4n) is 1.69. The van der Waals surface area contributed by atoms with Crippen LogP contribution in [-0.4, -0.2) is 37.9 Å². The summed E-state index contributed by atoms with van der Waals surface area (Å²) in [5, 5.41) is 0. The molecule has 3 nitrogen and oxygen atoms in total. The first kappa shape index (κ1) is 15.9. The van der Waals surface area contributed by atoms with Crippen LogP contribution in [0.2, 0.25) is 0 Å². The average Bonchev–Trinajstić information content (AvgIpc) is 2.34. The van der Waals surface area contributed by atoms with Crippen LogP contribution in [0.4, 0.5) is 13.2 Å². The lowest BCUT2D eigenvalue weighted by Crippen LogP contribution is -2.26. The number of nitrogens with zero attached hydrogens (tertiary/aromatic N) is 1. The lowest BCUT2D eigenvalue weighted by molar-refractivity contribution is -0.174. The fraction of sp³-hybridized carbons (Fsp3) is 0.538. The second-order valence-corrected chi connectivity index (χ2v) is 4.38. The molecule has 0 saturated carbocycles. The first-order valence-corrected chi connectivity index (χ1v) is 6.02. The molecular weight excluding hydrogens is 257 g/mol. The van der Waals surface area contributed by atoms with Crippen molar-refractivity contribution in [1.82, 2.24) is 4.90 Å². The molecule has 19 heavy (non-hydrogen) atoms. The monoisotopic (exact) mass is 276 g/mol. The molecule has 0 aliphatic heterocycles. The van der Waals surface area contributed by atoms with E-state index in [-0.39, 0.29) is 6.61 Å². The van der Waals surface area contributed by atoms with Gasteiger partial charge in [0.1, 0.15) is 6.61 Å². The maximum absolute atomic E-state index is 11.9. The van der Waals surface area contributed by atoms with Gasteiger partial charge in [0, 0.05) is 19.6 Å². The van der Waals surface area contributed by atoms with E-state index in [0.29, 0.717) is 19.6 Å². The zero-order chi connectivity index (χ0) is 14.3. The first-order chi connectivity index (χ1) is 8.92.